The van der Waals surface area contributed by atoms with Gasteiger partial charge in [-0.2, -0.15) is 0 Å². The molecule has 1 N–H and O–H groups in total. The Balaban J connectivity index is 2.39. The first-order valence-corrected chi connectivity index (χ1v) is 6.61. The van der Waals surface area contributed by atoms with Crippen LogP contribution in [0.4, 0.5) is 27.1 Å². The minimum absolute atomic E-state index is 0.0366. The molecule has 1 aromatic heterocycles. The van der Waals surface area contributed by atoms with Gasteiger partial charge >= 0.3 is 0 Å². The number of hydrogen-bond acceptors (Lipinski definition) is 3. The lowest BCUT2D eigenvalue weighted by molar-refractivity contribution is 0.101. The molecule has 0 atom stereocenters. The molecular formula is C11H4ClF5N2OS. The summed E-state index contributed by atoms with van der Waals surface area (Å²) in [6.45, 7) is 0. The molecule has 0 saturated carbocycles. The van der Waals surface area contributed by atoms with Crippen LogP contribution < -0.4 is 5.32 Å². The van der Waals surface area contributed by atoms with Crippen LogP contribution in [0, 0.1) is 29.1 Å². The summed E-state index contributed by atoms with van der Waals surface area (Å²) in [6, 6.07) is 0. The molecule has 0 aliphatic rings. The van der Waals surface area contributed by atoms with Crippen molar-refractivity contribution in [3.63, 3.8) is 0 Å². The highest BCUT2D eigenvalue weighted by molar-refractivity contribution is 7.14. The van der Waals surface area contributed by atoms with Crippen molar-refractivity contribution in [1.29, 1.82) is 0 Å². The van der Waals surface area contributed by atoms with Crippen molar-refractivity contribution >= 4 is 34.0 Å². The van der Waals surface area contributed by atoms with Crippen LogP contribution in [0.5, 0.6) is 0 Å². The van der Waals surface area contributed by atoms with Crippen LogP contribution in [0.1, 0.15) is 16.1 Å². The maximum Gasteiger partial charge on any atom is 0.263 e. The summed E-state index contributed by atoms with van der Waals surface area (Å²) in [7, 11) is 0. The van der Waals surface area contributed by atoms with E-state index in [0.717, 1.165) is 11.3 Å². The fourth-order valence-electron chi connectivity index (χ4n) is 1.39. The molecule has 0 spiro atoms. The van der Waals surface area contributed by atoms with Crippen LogP contribution in [0.3, 0.4) is 0 Å². The number of nitrogens with zero attached hydrogens (tertiary/aromatic N) is 1. The number of carbonyl (C=O) groups excluding carboxylic acids is 1. The Morgan fingerprint density at radius 2 is 1.62 bits per heavy atom. The van der Waals surface area contributed by atoms with E-state index in [4.69, 9.17) is 11.6 Å². The molecule has 1 heterocycles. The van der Waals surface area contributed by atoms with Gasteiger partial charge in [0, 0.05) is 5.38 Å². The second-order valence-electron chi connectivity index (χ2n) is 3.68. The van der Waals surface area contributed by atoms with E-state index in [2.05, 4.69) is 4.98 Å². The number of alkyl halides is 1. The SMILES string of the molecule is O=C(Nc1nc(CCl)cs1)c1c(F)c(F)c(F)c(F)c1F. The zero-order chi connectivity index (χ0) is 15.7. The maximum absolute atomic E-state index is 13.4. The Kier molecular flexibility index (Phi) is 4.43. The van der Waals surface area contributed by atoms with Crippen LogP contribution in [0.25, 0.3) is 0 Å². The van der Waals surface area contributed by atoms with Gasteiger partial charge in [-0.1, -0.05) is 0 Å². The summed E-state index contributed by atoms with van der Waals surface area (Å²) >= 11 is 6.36. The van der Waals surface area contributed by atoms with Crippen molar-refractivity contribution in [3.05, 3.63) is 45.7 Å². The number of amides is 1. The predicted octanol–water partition coefficient (Wildman–Crippen LogP) is 3.83. The first-order chi connectivity index (χ1) is 9.86. The van der Waals surface area contributed by atoms with E-state index in [0.29, 0.717) is 5.69 Å². The monoisotopic (exact) mass is 342 g/mol. The van der Waals surface area contributed by atoms with Crippen molar-refractivity contribution in [2.45, 2.75) is 5.88 Å². The molecule has 1 aromatic carbocycles. The van der Waals surface area contributed by atoms with E-state index < -0.39 is 40.6 Å². The van der Waals surface area contributed by atoms with Gasteiger partial charge in [0.15, 0.2) is 28.4 Å². The number of thiazole rings is 1. The Morgan fingerprint density at radius 3 is 2.10 bits per heavy atom. The van der Waals surface area contributed by atoms with Crippen LogP contribution in [-0.2, 0) is 5.88 Å². The summed E-state index contributed by atoms with van der Waals surface area (Å²) in [5.74, 6) is -12.6. The lowest BCUT2D eigenvalue weighted by atomic mass is 10.1. The van der Waals surface area contributed by atoms with Crippen LogP contribution in [-0.4, -0.2) is 10.9 Å². The highest BCUT2D eigenvalue weighted by atomic mass is 35.5. The topological polar surface area (TPSA) is 42.0 Å². The van der Waals surface area contributed by atoms with E-state index in [1.54, 1.807) is 0 Å². The second kappa shape index (κ2) is 5.94. The van der Waals surface area contributed by atoms with Gasteiger partial charge in [-0.3, -0.25) is 10.1 Å². The number of carbonyl (C=O) groups is 1. The standard InChI is InChI=1S/C11H4ClF5N2OS/c12-1-3-2-21-11(18-3)19-10(20)4-5(13)7(15)9(17)8(16)6(4)14/h2H,1H2,(H,18,19,20). The smallest absolute Gasteiger partial charge is 0.263 e. The summed E-state index contributed by atoms with van der Waals surface area (Å²) in [5.41, 5.74) is -1.19. The van der Waals surface area contributed by atoms with Crippen LogP contribution in [0.2, 0.25) is 0 Å². The number of aromatic nitrogens is 1. The zero-order valence-corrected chi connectivity index (χ0v) is 11.4. The van der Waals surface area contributed by atoms with E-state index in [-0.39, 0.29) is 11.0 Å². The molecule has 0 aliphatic heterocycles. The molecule has 1 amide bonds. The van der Waals surface area contributed by atoms with Crippen molar-refractivity contribution in [1.82, 2.24) is 4.98 Å². The summed E-state index contributed by atoms with van der Waals surface area (Å²) in [4.78, 5) is 15.4. The quantitative estimate of drug-likeness (QED) is 0.399. The first kappa shape index (κ1) is 15.6. The van der Waals surface area contributed by atoms with Gasteiger partial charge in [0.1, 0.15) is 5.56 Å². The largest absolute Gasteiger partial charge is 0.298 e. The number of anilines is 1. The normalized spacial score (nSPS) is 10.8. The maximum atomic E-state index is 13.4. The number of halogens is 6. The van der Waals surface area contributed by atoms with Gasteiger partial charge in [0.05, 0.1) is 11.6 Å². The lowest BCUT2D eigenvalue weighted by Gasteiger charge is -2.07. The fourth-order valence-corrected chi connectivity index (χ4v) is 2.32. The van der Waals surface area contributed by atoms with Gasteiger partial charge in [0.25, 0.3) is 5.91 Å². The van der Waals surface area contributed by atoms with E-state index in [1.165, 1.54) is 5.38 Å². The molecule has 2 rings (SSSR count). The fraction of sp³-hybridized carbons (Fsp3) is 0.0909. The van der Waals surface area contributed by atoms with Gasteiger partial charge in [-0.05, 0) is 0 Å². The first-order valence-electron chi connectivity index (χ1n) is 5.20. The van der Waals surface area contributed by atoms with E-state index >= 15 is 0 Å². The molecule has 10 heteroatoms. The van der Waals surface area contributed by atoms with Crippen molar-refractivity contribution in [2.75, 3.05) is 5.32 Å². The predicted molar refractivity (Wildman–Crippen MR) is 65.9 cm³/mol. The Hall–Kier alpha value is -1.74. The average Bonchev–Trinajstić information content (AvgIpc) is 2.90. The molecule has 0 bridgehead atoms. The summed E-state index contributed by atoms with van der Waals surface area (Å²) < 4.78 is 65.6. The molecule has 3 nitrogen and oxygen atoms in total. The van der Waals surface area contributed by atoms with Crippen LogP contribution >= 0.6 is 22.9 Å². The zero-order valence-electron chi connectivity index (χ0n) is 9.82. The Bertz CT molecular complexity index is 692. The number of nitrogens with one attached hydrogen (secondary N) is 1. The highest BCUT2D eigenvalue weighted by Gasteiger charge is 2.30. The minimum Gasteiger partial charge on any atom is -0.298 e. The number of rotatable bonds is 3. The van der Waals surface area contributed by atoms with Gasteiger partial charge in [-0.15, -0.1) is 22.9 Å². The Labute approximate surface area is 123 Å². The minimum atomic E-state index is -2.33. The number of hydrogen-bond donors (Lipinski definition) is 1. The summed E-state index contributed by atoms with van der Waals surface area (Å²) in [6.07, 6.45) is 0. The third-order valence-electron chi connectivity index (χ3n) is 2.35. The number of benzene rings is 1. The third-order valence-corrected chi connectivity index (χ3v) is 3.43. The molecule has 0 radical (unpaired) electrons. The molecule has 112 valence electrons. The van der Waals surface area contributed by atoms with Crippen molar-refractivity contribution < 1.29 is 26.7 Å². The average molecular weight is 343 g/mol. The molecule has 2 aromatic rings. The Morgan fingerprint density at radius 1 is 1.10 bits per heavy atom. The van der Waals surface area contributed by atoms with E-state index in [1.807, 2.05) is 5.32 Å². The van der Waals surface area contributed by atoms with Crippen LogP contribution in [0.15, 0.2) is 5.38 Å². The summed E-state index contributed by atoms with van der Waals surface area (Å²) in [5, 5.41) is 3.32. The third kappa shape index (κ3) is 2.84. The van der Waals surface area contributed by atoms with Gasteiger partial charge < -0.3 is 0 Å². The second-order valence-corrected chi connectivity index (χ2v) is 4.80. The van der Waals surface area contributed by atoms with E-state index in [9.17, 15) is 26.7 Å². The lowest BCUT2D eigenvalue weighted by Crippen LogP contribution is -2.19. The van der Waals surface area contributed by atoms with Gasteiger partial charge in [0.2, 0.25) is 5.82 Å². The highest BCUT2D eigenvalue weighted by Crippen LogP contribution is 2.24. The van der Waals surface area contributed by atoms with Crippen molar-refractivity contribution in [3.8, 4) is 0 Å². The molecule has 0 unspecified atom stereocenters. The van der Waals surface area contributed by atoms with Crippen molar-refractivity contribution in [2.24, 2.45) is 0 Å². The van der Waals surface area contributed by atoms with Gasteiger partial charge in [-0.25, -0.2) is 26.9 Å². The molecule has 21 heavy (non-hydrogen) atoms. The molecular weight excluding hydrogens is 339 g/mol. The molecule has 0 saturated heterocycles. The molecule has 0 aliphatic carbocycles. The molecule has 0 fully saturated rings.